The highest BCUT2D eigenvalue weighted by Gasteiger charge is 2.15. The molecule has 1 amide bonds. The number of carbonyl (C=O) groups is 1. The summed E-state index contributed by atoms with van der Waals surface area (Å²) in [5.74, 6) is 1.85. The molecule has 0 unspecified atom stereocenters. The van der Waals surface area contributed by atoms with Gasteiger partial charge in [0, 0.05) is 70.7 Å². The van der Waals surface area contributed by atoms with E-state index in [-0.39, 0.29) is 5.91 Å². The van der Waals surface area contributed by atoms with E-state index < -0.39 is 0 Å². The van der Waals surface area contributed by atoms with Gasteiger partial charge >= 0.3 is 0 Å². The highest BCUT2D eigenvalue weighted by atomic mass is 16.5. The third-order valence-electron chi connectivity index (χ3n) is 6.49. The minimum Gasteiger partial charge on any atom is -0.457 e. The Balaban J connectivity index is 1.33. The van der Waals surface area contributed by atoms with Crippen LogP contribution in [0.15, 0.2) is 60.8 Å². The van der Waals surface area contributed by atoms with E-state index in [1.165, 1.54) is 5.56 Å². The van der Waals surface area contributed by atoms with Crippen LogP contribution in [0.2, 0.25) is 0 Å². The van der Waals surface area contributed by atoms with Crippen molar-refractivity contribution in [1.29, 1.82) is 0 Å². The Morgan fingerprint density at radius 2 is 1.71 bits per heavy atom. The van der Waals surface area contributed by atoms with Crippen molar-refractivity contribution in [3.63, 3.8) is 0 Å². The third kappa shape index (κ3) is 5.03. The smallest absolute Gasteiger partial charge is 0.269 e. The number of aryl methyl sites for hydroxylation is 1. The van der Waals surface area contributed by atoms with Gasteiger partial charge in [0.1, 0.15) is 23.0 Å². The van der Waals surface area contributed by atoms with E-state index in [1.54, 1.807) is 25.4 Å². The predicted octanol–water partition coefficient (Wildman–Crippen LogP) is 3.53. The first kappa shape index (κ1) is 23.0. The Morgan fingerprint density at radius 1 is 0.971 bits per heavy atom. The fourth-order valence-electron chi connectivity index (χ4n) is 4.39. The minimum absolute atomic E-state index is 0.255. The lowest BCUT2D eigenvalue weighted by Crippen LogP contribution is -2.43. The number of nitrogens with zero attached hydrogens (tertiary/aromatic N) is 5. The van der Waals surface area contributed by atoms with Crippen molar-refractivity contribution in [1.82, 2.24) is 29.7 Å². The number of ether oxygens (including phenoxy) is 1. The second-order valence-electron chi connectivity index (χ2n) is 8.98. The quantitative estimate of drug-likeness (QED) is 0.465. The number of nitrogens with one attached hydrogen (secondary N) is 1. The maximum absolute atomic E-state index is 11.9. The van der Waals surface area contributed by atoms with Gasteiger partial charge in [0.25, 0.3) is 5.91 Å². The zero-order valence-electron chi connectivity index (χ0n) is 20.4. The highest BCUT2D eigenvalue weighted by molar-refractivity contribution is 5.92. The molecule has 0 aliphatic carbocycles. The second-order valence-corrected chi connectivity index (χ2v) is 8.98. The highest BCUT2D eigenvalue weighted by Crippen LogP contribution is 2.29. The summed E-state index contributed by atoms with van der Waals surface area (Å²) in [6.45, 7) is 5.45. The summed E-state index contributed by atoms with van der Waals surface area (Å²) in [6.07, 6.45) is 1.56. The van der Waals surface area contributed by atoms with Crippen molar-refractivity contribution < 1.29 is 9.53 Å². The van der Waals surface area contributed by atoms with Gasteiger partial charge in [0.15, 0.2) is 0 Å². The molecule has 4 aromatic rings. The van der Waals surface area contributed by atoms with Gasteiger partial charge in [-0.05, 0) is 30.8 Å². The summed E-state index contributed by atoms with van der Waals surface area (Å²) >= 11 is 0. The lowest BCUT2D eigenvalue weighted by Gasteiger charge is -2.32. The van der Waals surface area contributed by atoms with Gasteiger partial charge in [-0.1, -0.05) is 24.3 Å². The van der Waals surface area contributed by atoms with Crippen LogP contribution in [0.1, 0.15) is 16.1 Å². The number of rotatable bonds is 6. The van der Waals surface area contributed by atoms with E-state index in [9.17, 15) is 4.79 Å². The predicted molar refractivity (Wildman–Crippen MR) is 137 cm³/mol. The van der Waals surface area contributed by atoms with E-state index in [1.807, 2.05) is 25.2 Å². The number of imidazole rings is 1. The van der Waals surface area contributed by atoms with E-state index in [0.717, 1.165) is 55.1 Å². The maximum atomic E-state index is 11.9. The van der Waals surface area contributed by atoms with Gasteiger partial charge in [-0.15, -0.1) is 0 Å². The lowest BCUT2D eigenvalue weighted by molar-refractivity contribution is 0.0958. The number of piperazine rings is 1. The first-order valence-electron chi connectivity index (χ1n) is 11.8. The van der Waals surface area contributed by atoms with Crippen molar-refractivity contribution in [2.75, 3.05) is 40.3 Å². The second kappa shape index (κ2) is 9.85. The molecule has 1 saturated heterocycles. The number of likely N-dealkylation sites (N-methyl/N-ethyl adjacent to an activating group) is 1. The first-order chi connectivity index (χ1) is 17.0. The van der Waals surface area contributed by atoms with Crippen LogP contribution in [0.5, 0.6) is 11.5 Å². The van der Waals surface area contributed by atoms with E-state index in [0.29, 0.717) is 17.2 Å². The molecule has 35 heavy (non-hydrogen) atoms. The summed E-state index contributed by atoms with van der Waals surface area (Å²) in [7, 11) is 5.79. The molecule has 0 spiro atoms. The van der Waals surface area contributed by atoms with Crippen LogP contribution in [-0.2, 0) is 13.6 Å². The Kier molecular flexibility index (Phi) is 6.48. The molecule has 1 aliphatic rings. The Morgan fingerprint density at radius 3 is 2.46 bits per heavy atom. The number of benzene rings is 2. The van der Waals surface area contributed by atoms with Crippen molar-refractivity contribution in [2.45, 2.75) is 6.54 Å². The normalized spacial score (nSPS) is 14.8. The molecule has 1 aliphatic heterocycles. The number of aromatic nitrogens is 3. The number of pyridine rings is 1. The topological polar surface area (TPSA) is 75.5 Å². The molecule has 0 saturated carbocycles. The Bertz CT molecular complexity index is 1340. The SMILES string of the molecule is CNC(=O)c1cc(Oc2ccc3c(c2)nc(-c2ccc(CN4CCN(C)CC4)cc2)n3C)ccn1. The van der Waals surface area contributed by atoms with Gasteiger partial charge in [0.05, 0.1) is 11.0 Å². The average molecular weight is 471 g/mol. The molecule has 0 bridgehead atoms. The largest absolute Gasteiger partial charge is 0.457 e. The van der Waals surface area contributed by atoms with Crippen molar-refractivity contribution in [3.8, 4) is 22.9 Å². The van der Waals surface area contributed by atoms with Crippen LogP contribution >= 0.6 is 0 Å². The molecule has 8 nitrogen and oxygen atoms in total. The van der Waals surface area contributed by atoms with Crippen molar-refractivity contribution in [2.24, 2.45) is 7.05 Å². The van der Waals surface area contributed by atoms with Gasteiger partial charge in [-0.25, -0.2) is 4.98 Å². The van der Waals surface area contributed by atoms with Crippen molar-refractivity contribution >= 4 is 16.9 Å². The molecule has 1 N–H and O–H groups in total. The molecule has 180 valence electrons. The summed E-state index contributed by atoms with van der Waals surface area (Å²) in [5.41, 5.74) is 4.58. The van der Waals surface area contributed by atoms with Crippen LogP contribution in [-0.4, -0.2) is 70.5 Å². The number of hydrogen-bond acceptors (Lipinski definition) is 6. The molecule has 0 atom stereocenters. The summed E-state index contributed by atoms with van der Waals surface area (Å²) in [6, 6.07) is 17.9. The van der Waals surface area contributed by atoms with E-state index in [2.05, 4.69) is 56.0 Å². The lowest BCUT2D eigenvalue weighted by atomic mass is 10.1. The average Bonchev–Trinajstić information content (AvgIpc) is 3.21. The molecule has 5 rings (SSSR count). The molecular formula is C27H30N6O2. The number of carbonyl (C=O) groups excluding carboxylic acids is 1. The molecule has 1 fully saturated rings. The molecule has 2 aromatic heterocycles. The van der Waals surface area contributed by atoms with Crippen LogP contribution in [0.4, 0.5) is 0 Å². The van der Waals surface area contributed by atoms with Crippen LogP contribution in [0.25, 0.3) is 22.4 Å². The van der Waals surface area contributed by atoms with E-state index in [4.69, 9.17) is 9.72 Å². The maximum Gasteiger partial charge on any atom is 0.269 e. The monoisotopic (exact) mass is 470 g/mol. The molecule has 8 heteroatoms. The van der Waals surface area contributed by atoms with Gasteiger partial charge in [0.2, 0.25) is 0 Å². The minimum atomic E-state index is -0.255. The van der Waals surface area contributed by atoms with Gasteiger partial charge in [-0.3, -0.25) is 14.7 Å². The zero-order chi connectivity index (χ0) is 24.4. The van der Waals surface area contributed by atoms with Crippen LogP contribution < -0.4 is 10.1 Å². The fourth-order valence-corrected chi connectivity index (χ4v) is 4.39. The summed E-state index contributed by atoms with van der Waals surface area (Å²) in [4.78, 5) is 25.7. The zero-order valence-corrected chi connectivity index (χ0v) is 20.4. The number of amides is 1. The number of hydrogen-bond donors (Lipinski definition) is 1. The summed E-state index contributed by atoms with van der Waals surface area (Å²) < 4.78 is 8.10. The standard InChI is InChI=1S/C27H30N6O2/c1-28-27(34)24-17-22(10-11-29-24)35-21-8-9-25-23(16-21)30-26(32(25)3)20-6-4-19(5-7-20)18-33-14-12-31(2)13-15-33/h4-11,16-17H,12-15,18H2,1-3H3,(H,28,34). The number of fused-ring (bicyclic) bond motifs is 1. The molecule has 2 aromatic carbocycles. The van der Waals surface area contributed by atoms with Gasteiger partial charge < -0.3 is 19.5 Å². The fraction of sp³-hybridized carbons (Fsp3) is 0.296. The molecular weight excluding hydrogens is 440 g/mol. The van der Waals surface area contributed by atoms with Gasteiger partial charge in [-0.2, -0.15) is 0 Å². The molecule has 0 radical (unpaired) electrons. The first-order valence-corrected chi connectivity index (χ1v) is 11.8. The Hall–Kier alpha value is -3.75. The summed E-state index contributed by atoms with van der Waals surface area (Å²) in [5, 5.41) is 2.57. The van der Waals surface area contributed by atoms with Crippen molar-refractivity contribution in [3.05, 3.63) is 72.1 Å². The Labute approximate surface area is 205 Å². The third-order valence-corrected chi connectivity index (χ3v) is 6.49. The molecule has 3 heterocycles. The van der Waals surface area contributed by atoms with E-state index >= 15 is 0 Å². The van der Waals surface area contributed by atoms with Crippen LogP contribution in [0.3, 0.4) is 0 Å². The van der Waals surface area contributed by atoms with Crippen LogP contribution in [0, 0.1) is 0 Å².